The van der Waals surface area contributed by atoms with Gasteiger partial charge in [-0.15, -0.1) is 0 Å². The molecule has 3 amide bonds. The average Bonchev–Trinajstić information content (AvgIpc) is 3.16. The maximum atomic E-state index is 14.2. The molecule has 1 aromatic heterocycles. The first-order chi connectivity index (χ1) is 18.7. The van der Waals surface area contributed by atoms with E-state index in [0.29, 0.717) is 25.1 Å². The van der Waals surface area contributed by atoms with E-state index in [1.807, 2.05) is 35.4 Å². The molecule has 0 bridgehead atoms. The van der Waals surface area contributed by atoms with Gasteiger partial charge < -0.3 is 24.4 Å². The van der Waals surface area contributed by atoms with Crippen molar-refractivity contribution >= 4 is 44.6 Å². The minimum absolute atomic E-state index is 0.00907. The molecule has 202 valence electrons. The van der Waals surface area contributed by atoms with Crippen LogP contribution in [0.1, 0.15) is 51.3 Å². The first-order valence-corrected chi connectivity index (χ1v) is 14.0. The van der Waals surface area contributed by atoms with Crippen molar-refractivity contribution in [1.82, 2.24) is 19.7 Å². The number of methoxy groups -OCH3 is 1. The van der Waals surface area contributed by atoms with Gasteiger partial charge in [-0.2, -0.15) is 0 Å². The number of benzene rings is 2. The van der Waals surface area contributed by atoms with Crippen LogP contribution in [0.5, 0.6) is 5.75 Å². The summed E-state index contributed by atoms with van der Waals surface area (Å²) in [6.45, 7) is 10.6. The van der Waals surface area contributed by atoms with E-state index in [1.54, 1.807) is 12.0 Å². The summed E-state index contributed by atoms with van der Waals surface area (Å²) in [4.78, 5) is 42.8. The molecule has 0 unspecified atom stereocenters. The molecule has 1 N–H and O–H groups in total. The third-order valence-electron chi connectivity index (χ3n) is 8.46. The van der Waals surface area contributed by atoms with Gasteiger partial charge in [0.15, 0.2) is 0 Å². The molecule has 0 radical (unpaired) electrons. The molecule has 4 heterocycles. The summed E-state index contributed by atoms with van der Waals surface area (Å²) in [6.07, 6.45) is 1.99. The number of nitrogens with one attached hydrogen (secondary N) is 1. The number of carbonyl (C=O) groups is 3. The van der Waals surface area contributed by atoms with Gasteiger partial charge in [0.1, 0.15) is 12.3 Å². The van der Waals surface area contributed by atoms with E-state index in [9.17, 15) is 14.4 Å². The van der Waals surface area contributed by atoms with Gasteiger partial charge in [0.05, 0.1) is 30.3 Å². The fourth-order valence-electron chi connectivity index (χ4n) is 6.67. The number of hydrogen-bond donors (Lipinski definition) is 1. The molecule has 3 aromatic rings. The third kappa shape index (κ3) is 3.73. The zero-order chi connectivity index (χ0) is 27.7. The lowest BCUT2D eigenvalue weighted by Crippen LogP contribution is -2.61. The van der Waals surface area contributed by atoms with Crippen molar-refractivity contribution in [2.24, 2.45) is 0 Å². The summed E-state index contributed by atoms with van der Waals surface area (Å²) in [7, 11) is 1.68. The molecule has 1 saturated heterocycles. The van der Waals surface area contributed by atoms with Crippen LogP contribution in [0, 0.1) is 13.8 Å². The number of aromatic nitrogens is 1. The zero-order valence-corrected chi connectivity index (χ0v) is 24.1. The van der Waals surface area contributed by atoms with Crippen molar-refractivity contribution < 1.29 is 19.1 Å². The van der Waals surface area contributed by atoms with Gasteiger partial charge in [0.2, 0.25) is 11.8 Å². The molecule has 0 saturated carbocycles. The highest BCUT2D eigenvalue weighted by Crippen LogP contribution is 2.51. The fourth-order valence-corrected chi connectivity index (χ4v) is 7.43. The van der Waals surface area contributed by atoms with E-state index in [0.717, 1.165) is 49.1 Å². The van der Waals surface area contributed by atoms with Crippen molar-refractivity contribution in [3.63, 3.8) is 0 Å². The van der Waals surface area contributed by atoms with Gasteiger partial charge in [-0.25, -0.2) is 0 Å². The van der Waals surface area contributed by atoms with Crippen molar-refractivity contribution in [2.45, 2.75) is 51.9 Å². The molecule has 3 aliphatic rings. The van der Waals surface area contributed by atoms with E-state index in [-0.39, 0.29) is 42.4 Å². The molecule has 2 atom stereocenters. The van der Waals surface area contributed by atoms with Crippen molar-refractivity contribution in [1.29, 1.82) is 0 Å². The summed E-state index contributed by atoms with van der Waals surface area (Å²) in [5.74, 6) is 0.554. The molecule has 39 heavy (non-hydrogen) atoms. The van der Waals surface area contributed by atoms with Gasteiger partial charge in [-0.05, 0) is 56.5 Å². The number of halogens is 1. The molecule has 3 aliphatic heterocycles. The quantitative estimate of drug-likeness (QED) is 0.455. The maximum absolute atomic E-state index is 14.2. The number of amides is 3. The molecule has 0 aliphatic carbocycles. The predicted molar refractivity (Wildman–Crippen MR) is 152 cm³/mol. The summed E-state index contributed by atoms with van der Waals surface area (Å²) in [5, 5.41) is 3.95. The van der Waals surface area contributed by atoms with Crippen LogP contribution in [0.4, 0.5) is 0 Å². The molecule has 8 nitrogen and oxygen atoms in total. The number of carbonyl (C=O) groups excluding carboxylic acids is 3. The first-order valence-electron chi connectivity index (χ1n) is 13.2. The Morgan fingerprint density at radius 1 is 1.26 bits per heavy atom. The Kier molecular flexibility index (Phi) is 6.10. The normalized spacial score (nSPS) is 19.9. The number of rotatable bonds is 5. The van der Waals surface area contributed by atoms with E-state index < -0.39 is 0 Å². The van der Waals surface area contributed by atoms with Gasteiger partial charge in [-0.1, -0.05) is 34.6 Å². The maximum Gasteiger partial charge on any atom is 0.257 e. The number of nitrogens with zero attached hydrogens (tertiary/aromatic N) is 3. The van der Waals surface area contributed by atoms with Crippen LogP contribution in [0.2, 0.25) is 0 Å². The Bertz CT molecular complexity index is 1590. The number of aryl methyl sites for hydroxylation is 1. The summed E-state index contributed by atoms with van der Waals surface area (Å²) in [6, 6.07) is 7.76. The number of ether oxygens (including phenoxy) is 1. The second-order valence-electron chi connectivity index (χ2n) is 10.8. The average molecular weight is 592 g/mol. The largest absolute Gasteiger partial charge is 0.496 e. The monoisotopic (exact) mass is 590 g/mol. The lowest BCUT2D eigenvalue weighted by molar-refractivity contribution is -0.133. The lowest BCUT2D eigenvalue weighted by Gasteiger charge is -2.45. The van der Waals surface area contributed by atoms with Crippen LogP contribution in [0.3, 0.4) is 0 Å². The fraction of sp³-hybridized carbons (Fsp3) is 0.367. The first kappa shape index (κ1) is 25.7. The molecule has 9 heteroatoms. The molecular weight excluding hydrogens is 560 g/mol. The minimum atomic E-state index is -0.260. The predicted octanol–water partition coefficient (Wildman–Crippen LogP) is 4.03. The molecule has 1 fully saturated rings. The summed E-state index contributed by atoms with van der Waals surface area (Å²) in [5.41, 5.74) is 6.60. The standard InChI is InChI=1S/C30H31BrN4O4/c1-6-24(37)33-12-18(13-33)32-23(36)14-34-17(4)25-27-26(21(31)10-15(2)28(27)34)29-19-8-7-9-22(39-5)20(19)11-16(3)35(29)30(25)38/h6-10,16,18,29H,1,11-14H2,2-5H3,(H,32,36)/t16-,29+/m1/s1. The highest BCUT2D eigenvalue weighted by molar-refractivity contribution is 9.10. The smallest absolute Gasteiger partial charge is 0.257 e. The van der Waals surface area contributed by atoms with Crippen molar-refractivity contribution in [3.8, 4) is 5.75 Å². The van der Waals surface area contributed by atoms with Crippen LogP contribution in [-0.4, -0.2) is 64.4 Å². The van der Waals surface area contributed by atoms with Crippen LogP contribution in [0.15, 0.2) is 41.4 Å². The second-order valence-corrected chi connectivity index (χ2v) is 11.6. The van der Waals surface area contributed by atoms with Crippen LogP contribution in [0.25, 0.3) is 10.9 Å². The Morgan fingerprint density at radius 2 is 2.00 bits per heavy atom. The lowest BCUT2D eigenvalue weighted by atomic mass is 9.80. The number of hydrogen-bond acceptors (Lipinski definition) is 4. The Balaban J connectivity index is 1.45. The topological polar surface area (TPSA) is 83.9 Å². The molecule has 2 aromatic carbocycles. The highest BCUT2D eigenvalue weighted by atomic mass is 79.9. The zero-order valence-electron chi connectivity index (χ0n) is 22.5. The van der Waals surface area contributed by atoms with Crippen LogP contribution < -0.4 is 10.1 Å². The van der Waals surface area contributed by atoms with Gasteiger partial charge in [-0.3, -0.25) is 14.4 Å². The van der Waals surface area contributed by atoms with Gasteiger partial charge in [0, 0.05) is 45.8 Å². The van der Waals surface area contributed by atoms with Gasteiger partial charge in [0.25, 0.3) is 5.91 Å². The van der Waals surface area contributed by atoms with Gasteiger partial charge >= 0.3 is 0 Å². The Hall–Kier alpha value is -3.59. The highest BCUT2D eigenvalue weighted by Gasteiger charge is 2.45. The molecule has 6 rings (SSSR count). The molecular formula is C30H31BrN4O4. The van der Waals surface area contributed by atoms with E-state index >= 15 is 0 Å². The Labute approximate surface area is 235 Å². The molecule has 0 spiro atoms. The van der Waals surface area contributed by atoms with E-state index in [4.69, 9.17) is 4.74 Å². The van der Waals surface area contributed by atoms with E-state index in [1.165, 1.54) is 6.08 Å². The second kappa shape index (κ2) is 9.26. The minimum Gasteiger partial charge on any atom is -0.496 e. The van der Waals surface area contributed by atoms with Crippen LogP contribution >= 0.6 is 15.9 Å². The SMILES string of the molecule is C=CC(=O)N1CC(NC(=O)Cn2c(C)c3c4c(c(Br)cc(C)c42)[C@@H]2c4cccc(OC)c4C[C@@H](C)N2C3=O)C1. The number of likely N-dealkylation sites (tertiary alicyclic amines) is 1. The van der Waals surface area contributed by atoms with Crippen molar-refractivity contribution in [3.05, 3.63) is 74.9 Å². The summed E-state index contributed by atoms with van der Waals surface area (Å²) >= 11 is 3.85. The van der Waals surface area contributed by atoms with Crippen LogP contribution in [-0.2, 0) is 22.6 Å². The summed E-state index contributed by atoms with van der Waals surface area (Å²) < 4.78 is 8.63. The third-order valence-corrected chi connectivity index (χ3v) is 9.12. The number of fused-ring (bicyclic) bond motifs is 4. The van der Waals surface area contributed by atoms with E-state index in [2.05, 4.69) is 46.9 Å². The van der Waals surface area contributed by atoms with Crippen molar-refractivity contribution in [2.75, 3.05) is 20.2 Å². The Morgan fingerprint density at radius 3 is 2.69 bits per heavy atom.